The fourth-order valence-corrected chi connectivity index (χ4v) is 1.18. The molecular weight excluding hydrogens is 154 g/mol. The lowest BCUT2D eigenvalue weighted by atomic mass is 10.4. The van der Waals surface area contributed by atoms with Crippen molar-refractivity contribution in [2.45, 2.75) is 12.8 Å². The number of hydrogen-bond acceptors (Lipinski definition) is 2. The second kappa shape index (κ2) is 4.78. The topological polar surface area (TPSA) is 29.5 Å². The van der Waals surface area contributed by atoms with E-state index in [4.69, 9.17) is 4.74 Å². The lowest BCUT2D eigenvalue weighted by molar-refractivity contribution is -0.124. The van der Waals surface area contributed by atoms with Crippen LogP contribution in [-0.2, 0) is 9.53 Å². The Balaban J connectivity index is 2.33. The van der Waals surface area contributed by atoms with Gasteiger partial charge in [-0.05, 0) is 18.8 Å². The number of rotatable bonds is 1. The Labute approximate surface area is 72.7 Å². The summed E-state index contributed by atoms with van der Waals surface area (Å²) in [4.78, 5) is 13.0. The maximum Gasteiger partial charge on any atom is 0.298 e. The Bertz CT molecular complexity index is 208. The number of ether oxygens (including phenoxy) is 1. The first-order valence-corrected chi connectivity index (χ1v) is 4.11. The predicted octanol–water partition coefficient (Wildman–Crippen LogP) is 0.259. The Kier molecular flexibility index (Phi) is 3.62. The number of carbonyl (C=O) groups is 1. The van der Waals surface area contributed by atoms with Crippen LogP contribution in [0.5, 0.6) is 0 Å². The minimum atomic E-state index is -0.0652. The molecule has 0 aromatic carbocycles. The minimum Gasteiger partial charge on any atom is -0.372 e. The lowest BCUT2D eigenvalue weighted by Gasteiger charge is -2.09. The van der Waals surface area contributed by atoms with Crippen LogP contribution in [0.4, 0.5) is 0 Å². The molecule has 1 heterocycles. The molecule has 0 bridgehead atoms. The fraction of sp³-hybridized carbons (Fsp3) is 0.667. The molecule has 1 fully saturated rings. The van der Waals surface area contributed by atoms with E-state index in [1.807, 2.05) is 0 Å². The molecule has 1 aliphatic heterocycles. The highest BCUT2D eigenvalue weighted by Crippen LogP contribution is 2.06. The van der Waals surface area contributed by atoms with E-state index in [0.717, 1.165) is 25.9 Å². The van der Waals surface area contributed by atoms with Gasteiger partial charge in [-0.1, -0.05) is 5.92 Å². The third kappa shape index (κ3) is 2.55. The zero-order valence-electron chi connectivity index (χ0n) is 7.30. The number of likely N-dealkylation sites (tertiary alicyclic amines) is 1. The molecule has 0 atom stereocenters. The van der Waals surface area contributed by atoms with Gasteiger partial charge in [0.15, 0.2) is 0 Å². The summed E-state index contributed by atoms with van der Waals surface area (Å²) in [7, 11) is 1.56. The van der Waals surface area contributed by atoms with Crippen molar-refractivity contribution >= 4 is 5.91 Å². The van der Waals surface area contributed by atoms with Gasteiger partial charge in [-0.25, -0.2) is 0 Å². The largest absolute Gasteiger partial charge is 0.372 e. The number of nitrogens with zero attached hydrogens (tertiary/aromatic N) is 1. The van der Waals surface area contributed by atoms with Crippen molar-refractivity contribution in [3.63, 3.8) is 0 Å². The first-order valence-electron chi connectivity index (χ1n) is 4.11. The Hall–Kier alpha value is -1.01. The number of hydrogen-bond donors (Lipinski definition) is 0. The van der Waals surface area contributed by atoms with Crippen LogP contribution >= 0.6 is 0 Å². The highest BCUT2D eigenvalue weighted by molar-refractivity contribution is 5.93. The molecule has 1 rings (SSSR count). The highest BCUT2D eigenvalue weighted by atomic mass is 16.5. The van der Waals surface area contributed by atoms with Gasteiger partial charge in [0.05, 0.1) is 0 Å². The van der Waals surface area contributed by atoms with Gasteiger partial charge in [-0.2, -0.15) is 0 Å². The molecule has 1 aliphatic rings. The first kappa shape index (κ1) is 9.08. The molecule has 0 saturated carbocycles. The van der Waals surface area contributed by atoms with Crippen LogP contribution in [0.3, 0.4) is 0 Å². The van der Waals surface area contributed by atoms with Crippen molar-refractivity contribution in [3.8, 4) is 11.8 Å². The van der Waals surface area contributed by atoms with E-state index in [-0.39, 0.29) is 5.91 Å². The monoisotopic (exact) mass is 167 g/mol. The molecule has 1 amide bonds. The third-order valence-corrected chi connectivity index (χ3v) is 1.81. The van der Waals surface area contributed by atoms with Crippen molar-refractivity contribution in [3.05, 3.63) is 0 Å². The molecule has 0 aliphatic carbocycles. The molecule has 0 aromatic heterocycles. The summed E-state index contributed by atoms with van der Waals surface area (Å²) in [5.74, 6) is 5.12. The van der Waals surface area contributed by atoms with Crippen molar-refractivity contribution in [2.75, 3.05) is 26.8 Å². The molecular formula is C9H13NO2. The van der Waals surface area contributed by atoms with Gasteiger partial charge in [0.25, 0.3) is 5.91 Å². The van der Waals surface area contributed by atoms with Crippen LogP contribution in [0.25, 0.3) is 0 Å². The molecule has 0 unspecified atom stereocenters. The molecule has 0 radical (unpaired) electrons. The molecule has 1 saturated heterocycles. The third-order valence-electron chi connectivity index (χ3n) is 1.81. The van der Waals surface area contributed by atoms with Gasteiger partial charge in [-0.15, -0.1) is 0 Å². The van der Waals surface area contributed by atoms with Crippen molar-refractivity contribution in [1.29, 1.82) is 0 Å². The van der Waals surface area contributed by atoms with E-state index in [1.165, 1.54) is 0 Å². The molecule has 0 N–H and O–H groups in total. The van der Waals surface area contributed by atoms with Crippen molar-refractivity contribution in [1.82, 2.24) is 4.90 Å². The van der Waals surface area contributed by atoms with Gasteiger partial charge in [0.1, 0.15) is 6.61 Å². The molecule has 3 nitrogen and oxygen atoms in total. The maximum absolute atomic E-state index is 11.2. The van der Waals surface area contributed by atoms with E-state index in [1.54, 1.807) is 12.0 Å². The van der Waals surface area contributed by atoms with E-state index < -0.39 is 0 Å². The highest BCUT2D eigenvalue weighted by Gasteiger charge is 2.15. The SMILES string of the molecule is COCC#CC(=O)N1CCCC1. The Morgan fingerprint density at radius 2 is 2.17 bits per heavy atom. The van der Waals surface area contributed by atoms with E-state index in [2.05, 4.69) is 11.8 Å². The summed E-state index contributed by atoms with van der Waals surface area (Å²) in [6.07, 6.45) is 2.22. The quantitative estimate of drug-likeness (QED) is 0.524. The average molecular weight is 167 g/mol. The first-order chi connectivity index (χ1) is 5.84. The van der Waals surface area contributed by atoms with Gasteiger partial charge < -0.3 is 9.64 Å². The van der Waals surface area contributed by atoms with Crippen LogP contribution in [0, 0.1) is 11.8 Å². The summed E-state index contributed by atoms with van der Waals surface area (Å²) in [5, 5.41) is 0. The maximum atomic E-state index is 11.2. The second-order valence-corrected chi connectivity index (χ2v) is 2.73. The summed E-state index contributed by atoms with van der Waals surface area (Å²) in [6.45, 7) is 2.06. The van der Waals surface area contributed by atoms with Crippen LogP contribution in [0.1, 0.15) is 12.8 Å². The van der Waals surface area contributed by atoms with Gasteiger partial charge in [0, 0.05) is 20.2 Å². The molecule has 0 spiro atoms. The van der Waals surface area contributed by atoms with Crippen molar-refractivity contribution in [2.24, 2.45) is 0 Å². The van der Waals surface area contributed by atoms with Crippen LogP contribution in [-0.4, -0.2) is 37.6 Å². The number of carbonyl (C=O) groups excluding carboxylic acids is 1. The summed E-state index contributed by atoms with van der Waals surface area (Å²) in [5.41, 5.74) is 0. The van der Waals surface area contributed by atoms with Crippen LogP contribution in [0.2, 0.25) is 0 Å². The summed E-state index contributed by atoms with van der Waals surface area (Å²) < 4.78 is 4.71. The fourth-order valence-electron chi connectivity index (χ4n) is 1.18. The Morgan fingerprint density at radius 1 is 1.50 bits per heavy atom. The lowest BCUT2D eigenvalue weighted by Crippen LogP contribution is -2.25. The smallest absolute Gasteiger partial charge is 0.298 e. The number of amides is 1. The molecule has 3 heteroatoms. The zero-order valence-corrected chi connectivity index (χ0v) is 7.30. The molecule has 0 aromatic rings. The molecule has 66 valence electrons. The van der Waals surface area contributed by atoms with Gasteiger partial charge in [0.2, 0.25) is 0 Å². The average Bonchev–Trinajstić information content (AvgIpc) is 2.56. The van der Waals surface area contributed by atoms with Gasteiger partial charge >= 0.3 is 0 Å². The second-order valence-electron chi connectivity index (χ2n) is 2.73. The summed E-state index contributed by atoms with van der Waals surface area (Å²) >= 11 is 0. The van der Waals surface area contributed by atoms with E-state index >= 15 is 0 Å². The standard InChI is InChI=1S/C9H13NO2/c1-12-8-4-5-9(11)10-6-2-3-7-10/h2-3,6-8H2,1H3. The Morgan fingerprint density at radius 3 is 2.75 bits per heavy atom. The minimum absolute atomic E-state index is 0.0652. The van der Waals surface area contributed by atoms with E-state index in [9.17, 15) is 4.79 Å². The normalized spacial score (nSPS) is 15.6. The predicted molar refractivity (Wildman–Crippen MR) is 45.5 cm³/mol. The molecule has 12 heavy (non-hydrogen) atoms. The summed E-state index contributed by atoms with van der Waals surface area (Å²) in [6, 6.07) is 0. The van der Waals surface area contributed by atoms with Gasteiger partial charge in [-0.3, -0.25) is 4.79 Å². The number of methoxy groups -OCH3 is 1. The van der Waals surface area contributed by atoms with Crippen LogP contribution < -0.4 is 0 Å². The van der Waals surface area contributed by atoms with Crippen molar-refractivity contribution < 1.29 is 9.53 Å². The van der Waals surface area contributed by atoms with Crippen LogP contribution in [0.15, 0.2) is 0 Å². The zero-order chi connectivity index (χ0) is 8.81. The van der Waals surface area contributed by atoms with E-state index in [0.29, 0.717) is 6.61 Å².